The van der Waals surface area contributed by atoms with Crippen molar-refractivity contribution >= 4 is 47.0 Å². The standard InChI is InChI=1S/C20H21N3O5S/c1-29-9-14(22-16(24)10-5-2-3-6-11(10)17(22)25)19(27)23-18(26)12-7-4-8-13(21)15(12)20(23)28/h4,7-8,10-11,14H,2-3,5-6,9,21H2,1H3/t10-,11+,14-/m0/s1. The number of thioether (sulfide) groups is 1. The first-order chi connectivity index (χ1) is 13.9. The molecule has 2 N–H and O–H groups in total. The van der Waals surface area contributed by atoms with Crippen LogP contribution in [0.4, 0.5) is 5.69 Å². The number of hydrogen-bond acceptors (Lipinski definition) is 7. The Morgan fingerprint density at radius 3 is 2.28 bits per heavy atom. The molecule has 1 aliphatic carbocycles. The molecule has 1 saturated heterocycles. The van der Waals surface area contributed by atoms with Crippen LogP contribution in [0.5, 0.6) is 0 Å². The van der Waals surface area contributed by atoms with Crippen molar-refractivity contribution in [1.82, 2.24) is 9.80 Å². The molecular weight excluding hydrogens is 394 g/mol. The van der Waals surface area contributed by atoms with Crippen LogP contribution in [0.2, 0.25) is 0 Å². The maximum atomic E-state index is 13.3. The van der Waals surface area contributed by atoms with Crippen molar-refractivity contribution in [2.45, 2.75) is 31.7 Å². The fraction of sp³-hybridized carbons (Fsp3) is 0.450. The number of amides is 5. The van der Waals surface area contributed by atoms with Crippen molar-refractivity contribution in [1.29, 1.82) is 0 Å². The highest BCUT2D eigenvalue weighted by Gasteiger charge is 2.54. The van der Waals surface area contributed by atoms with E-state index in [1.807, 2.05) is 0 Å². The van der Waals surface area contributed by atoms with Crippen LogP contribution in [-0.4, -0.2) is 57.4 Å². The minimum atomic E-state index is -1.20. The zero-order valence-electron chi connectivity index (χ0n) is 15.9. The molecule has 0 radical (unpaired) electrons. The zero-order valence-corrected chi connectivity index (χ0v) is 16.7. The Morgan fingerprint density at radius 1 is 1.10 bits per heavy atom. The van der Waals surface area contributed by atoms with Gasteiger partial charge in [-0.2, -0.15) is 11.8 Å². The number of benzene rings is 1. The highest BCUT2D eigenvalue weighted by molar-refractivity contribution is 7.98. The molecule has 4 rings (SSSR count). The SMILES string of the molecule is CSC[C@@H](C(=O)N1C(=O)c2cccc(N)c2C1=O)N1C(=O)[C@H]2CCCC[C@H]2C1=O. The molecule has 0 aromatic heterocycles. The summed E-state index contributed by atoms with van der Waals surface area (Å²) in [6.07, 6.45) is 4.71. The normalized spacial score (nSPS) is 24.7. The Bertz CT molecular complexity index is 922. The molecule has 1 aromatic carbocycles. The number of fused-ring (bicyclic) bond motifs is 2. The topological polar surface area (TPSA) is 118 Å². The zero-order chi connectivity index (χ0) is 20.9. The van der Waals surface area contributed by atoms with Crippen molar-refractivity contribution in [3.8, 4) is 0 Å². The first kappa shape index (κ1) is 19.6. The van der Waals surface area contributed by atoms with Gasteiger partial charge in [0.1, 0.15) is 6.04 Å². The molecule has 1 aromatic rings. The van der Waals surface area contributed by atoms with Crippen LogP contribution in [0.25, 0.3) is 0 Å². The number of rotatable bonds is 4. The van der Waals surface area contributed by atoms with E-state index in [4.69, 9.17) is 5.73 Å². The predicted octanol–water partition coefficient (Wildman–Crippen LogP) is 1.30. The number of carbonyl (C=O) groups is 5. The van der Waals surface area contributed by atoms with Gasteiger partial charge in [-0.05, 0) is 31.2 Å². The quantitative estimate of drug-likeness (QED) is 0.582. The highest BCUT2D eigenvalue weighted by Crippen LogP contribution is 2.40. The van der Waals surface area contributed by atoms with Gasteiger partial charge < -0.3 is 5.73 Å². The number of imide groups is 4. The monoisotopic (exact) mass is 415 g/mol. The van der Waals surface area contributed by atoms with Gasteiger partial charge in [0.2, 0.25) is 11.8 Å². The number of likely N-dealkylation sites (tertiary alicyclic amines) is 1. The molecular formula is C20H21N3O5S. The summed E-state index contributed by atoms with van der Waals surface area (Å²) in [4.78, 5) is 66.3. The fourth-order valence-electron chi connectivity index (χ4n) is 4.57. The van der Waals surface area contributed by atoms with E-state index in [2.05, 4.69) is 0 Å². The second kappa shape index (κ2) is 7.29. The van der Waals surface area contributed by atoms with E-state index in [0.29, 0.717) is 17.7 Å². The van der Waals surface area contributed by atoms with Gasteiger partial charge in [-0.15, -0.1) is 0 Å². The average Bonchev–Trinajstić information content (AvgIpc) is 3.12. The number of nitrogens with zero attached hydrogens (tertiary/aromatic N) is 2. The van der Waals surface area contributed by atoms with E-state index in [-0.39, 0.29) is 34.4 Å². The van der Waals surface area contributed by atoms with E-state index in [1.165, 1.54) is 30.0 Å². The van der Waals surface area contributed by atoms with Crippen LogP contribution in [0.3, 0.4) is 0 Å². The van der Waals surface area contributed by atoms with Gasteiger partial charge in [0, 0.05) is 11.4 Å². The molecule has 152 valence electrons. The summed E-state index contributed by atoms with van der Waals surface area (Å²) in [5.74, 6) is -3.90. The summed E-state index contributed by atoms with van der Waals surface area (Å²) in [7, 11) is 0. The van der Waals surface area contributed by atoms with E-state index < -0.39 is 35.6 Å². The number of nitrogen functional groups attached to an aromatic ring is 1. The molecule has 2 fully saturated rings. The summed E-state index contributed by atoms with van der Waals surface area (Å²) in [5, 5.41) is 0. The second-order valence-corrected chi connectivity index (χ2v) is 8.48. The van der Waals surface area contributed by atoms with Gasteiger partial charge in [0.05, 0.1) is 23.0 Å². The lowest BCUT2D eigenvalue weighted by Crippen LogP contribution is -2.54. The Kier molecular flexibility index (Phi) is 4.94. The van der Waals surface area contributed by atoms with Crippen molar-refractivity contribution in [3.63, 3.8) is 0 Å². The third-order valence-corrected chi connectivity index (χ3v) is 6.61. The summed E-state index contributed by atoms with van der Waals surface area (Å²) in [6.45, 7) is 0. The summed E-state index contributed by atoms with van der Waals surface area (Å²) in [5.41, 5.74) is 5.98. The van der Waals surface area contributed by atoms with Gasteiger partial charge in [0.15, 0.2) is 0 Å². The molecule has 9 heteroatoms. The highest BCUT2D eigenvalue weighted by atomic mass is 32.2. The Balaban J connectivity index is 1.68. The summed E-state index contributed by atoms with van der Waals surface area (Å²) in [6, 6.07) is 3.25. The number of anilines is 1. The minimum Gasteiger partial charge on any atom is -0.398 e. The third-order valence-electron chi connectivity index (χ3n) is 5.96. The minimum absolute atomic E-state index is 0.0125. The van der Waals surface area contributed by atoms with E-state index in [0.717, 1.165) is 17.7 Å². The first-order valence-electron chi connectivity index (χ1n) is 9.55. The lowest BCUT2D eigenvalue weighted by atomic mass is 9.81. The molecule has 3 aliphatic rings. The predicted molar refractivity (Wildman–Crippen MR) is 106 cm³/mol. The summed E-state index contributed by atoms with van der Waals surface area (Å²) >= 11 is 1.27. The van der Waals surface area contributed by atoms with Gasteiger partial charge >= 0.3 is 0 Å². The third kappa shape index (κ3) is 2.87. The Hall–Kier alpha value is -2.68. The molecule has 0 spiro atoms. The van der Waals surface area contributed by atoms with Gasteiger partial charge in [-0.3, -0.25) is 28.9 Å². The van der Waals surface area contributed by atoms with E-state index >= 15 is 0 Å². The summed E-state index contributed by atoms with van der Waals surface area (Å²) < 4.78 is 0. The maximum absolute atomic E-state index is 13.3. The number of carbonyl (C=O) groups excluding carboxylic acids is 5. The second-order valence-electron chi connectivity index (χ2n) is 7.57. The van der Waals surface area contributed by atoms with Crippen LogP contribution in [0, 0.1) is 11.8 Å². The first-order valence-corrected chi connectivity index (χ1v) is 10.9. The molecule has 2 aliphatic heterocycles. The Morgan fingerprint density at radius 2 is 1.72 bits per heavy atom. The van der Waals surface area contributed by atoms with Crippen molar-refractivity contribution in [2.75, 3.05) is 17.7 Å². The van der Waals surface area contributed by atoms with Crippen LogP contribution in [0.1, 0.15) is 46.4 Å². The van der Waals surface area contributed by atoms with Crippen LogP contribution in [-0.2, 0) is 14.4 Å². The number of nitrogens with two attached hydrogens (primary N) is 1. The molecule has 8 nitrogen and oxygen atoms in total. The number of hydrogen-bond donors (Lipinski definition) is 1. The van der Waals surface area contributed by atoms with Crippen LogP contribution < -0.4 is 5.73 Å². The fourth-order valence-corrected chi connectivity index (χ4v) is 5.18. The van der Waals surface area contributed by atoms with Crippen molar-refractivity contribution < 1.29 is 24.0 Å². The molecule has 29 heavy (non-hydrogen) atoms. The lowest BCUT2D eigenvalue weighted by Gasteiger charge is -2.27. The van der Waals surface area contributed by atoms with Crippen molar-refractivity contribution in [2.24, 2.45) is 11.8 Å². The molecule has 0 unspecified atom stereocenters. The average molecular weight is 415 g/mol. The van der Waals surface area contributed by atoms with Gasteiger partial charge in [-0.25, -0.2) is 4.90 Å². The van der Waals surface area contributed by atoms with E-state index in [1.54, 1.807) is 6.26 Å². The Labute approximate surface area is 171 Å². The molecule has 1 saturated carbocycles. The lowest BCUT2D eigenvalue weighted by molar-refractivity contribution is -0.149. The molecule has 3 atom stereocenters. The van der Waals surface area contributed by atoms with Crippen LogP contribution >= 0.6 is 11.8 Å². The van der Waals surface area contributed by atoms with E-state index in [9.17, 15) is 24.0 Å². The smallest absolute Gasteiger partial charge is 0.270 e. The van der Waals surface area contributed by atoms with Gasteiger partial charge in [0.25, 0.3) is 17.7 Å². The maximum Gasteiger partial charge on any atom is 0.270 e. The largest absolute Gasteiger partial charge is 0.398 e. The molecule has 5 amide bonds. The molecule has 2 heterocycles. The molecule has 0 bridgehead atoms. The van der Waals surface area contributed by atoms with Crippen molar-refractivity contribution in [3.05, 3.63) is 29.3 Å². The van der Waals surface area contributed by atoms with Crippen LogP contribution in [0.15, 0.2) is 18.2 Å². The van der Waals surface area contributed by atoms with Gasteiger partial charge in [-0.1, -0.05) is 18.9 Å².